The molecule has 112 valence electrons. The van der Waals surface area contributed by atoms with Crippen LogP contribution in [0.15, 0.2) is 30.5 Å². The van der Waals surface area contributed by atoms with Gasteiger partial charge >= 0.3 is 0 Å². The van der Waals surface area contributed by atoms with Gasteiger partial charge in [-0.05, 0) is 38.2 Å². The van der Waals surface area contributed by atoms with Gasteiger partial charge in [-0.2, -0.15) is 5.10 Å². The van der Waals surface area contributed by atoms with Gasteiger partial charge in [0.2, 0.25) is 0 Å². The maximum Gasteiger partial charge on any atom is 0.271 e. The highest BCUT2D eigenvalue weighted by molar-refractivity contribution is 6.42. The molecule has 2 aromatic rings. The molecule has 21 heavy (non-hydrogen) atoms. The summed E-state index contributed by atoms with van der Waals surface area (Å²) < 4.78 is 1.58. The van der Waals surface area contributed by atoms with Crippen molar-refractivity contribution in [3.63, 3.8) is 0 Å². The summed E-state index contributed by atoms with van der Waals surface area (Å²) in [7, 11) is 1.84. The summed E-state index contributed by atoms with van der Waals surface area (Å²) in [6.07, 6.45) is 1.70. The van der Waals surface area contributed by atoms with Crippen LogP contribution in [0.3, 0.4) is 0 Å². The first-order chi connectivity index (χ1) is 10.0. The number of hydrogen-bond acceptors (Lipinski definition) is 3. The van der Waals surface area contributed by atoms with Crippen molar-refractivity contribution in [1.29, 1.82) is 0 Å². The van der Waals surface area contributed by atoms with Gasteiger partial charge < -0.3 is 10.6 Å². The Morgan fingerprint density at radius 1 is 1.33 bits per heavy atom. The second-order valence-corrected chi connectivity index (χ2v) is 5.46. The van der Waals surface area contributed by atoms with E-state index in [9.17, 15) is 4.79 Å². The predicted molar refractivity (Wildman–Crippen MR) is 84.4 cm³/mol. The highest BCUT2D eigenvalue weighted by Gasteiger charge is 2.11. The Balaban J connectivity index is 2.10. The average Bonchev–Trinajstić information content (AvgIpc) is 2.97. The lowest BCUT2D eigenvalue weighted by atomic mass is 10.3. The lowest BCUT2D eigenvalue weighted by Gasteiger charge is -2.10. The molecule has 1 unspecified atom stereocenters. The standard InChI is InChI=1S/C14H16Cl2N4O/c1-9(17-2)8-18-14(21)13-5-6-20(19-13)10-3-4-11(15)12(16)7-10/h3-7,9,17H,8H2,1-2H3,(H,18,21). The highest BCUT2D eigenvalue weighted by atomic mass is 35.5. The molecule has 0 saturated heterocycles. The minimum atomic E-state index is -0.212. The third kappa shape index (κ3) is 3.97. The molecule has 0 saturated carbocycles. The molecule has 5 nitrogen and oxygen atoms in total. The molecule has 0 aliphatic rings. The number of carbonyl (C=O) groups is 1. The lowest BCUT2D eigenvalue weighted by Crippen LogP contribution is -2.37. The molecule has 0 aliphatic carbocycles. The molecule has 1 aromatic heterocycles. The molecule has 2 rings (SSSR count). The summed E-state index contributed by atoms with van der Waals surface area (Å²) in [6, 6.07) is 7.02. The van der Waals surface area contributed by atoms with Gasteiger partial charge in [-0.3, -0.25) is 4.79 Å². The third-order valence-corrected chi connectivity index (χ3v) is 3.79. The van der Waals surface area contributed by atoms with E-state index in [0.29, 0.717) is 22.3 Å². The van der Waals surface area contributed by atoms with E-state index in [1.54, 1.807) is 35.1 Å². The minimum absolute atomic E-state index is 0.200. The van der Waals surface area contributed by atoms with Gasteiger partial charge in [0.25, 0.3) is 5.91 Å². The van der Waals surface area contributed by atoms with Gasteiger partial charge in [-0.25, -0.2) is 4.68 Å². The van der Waals surface area contributed by atoms with Crippen LogP contribution in [0, 0.1) is 0 Å². The molecule has 0 radical (unpaired) electrons. The van der Waals surface area contributed by atoms with E-state index in [-0.39, 0.29) is 11.9 Å². The molecule has 7 heteroatoms. The molecular weight excluding hydrogens is 311 g/mol. The summed E-state index contributed by atoms with van der Waals surface area (Å²) in [5.74, 6) is -0.212. The Hall–Kier alpha value is -1.56. The number of rotatable bonds is 5. The zero-order chi connectivity index (χ0) is 15.4. The lowest BCUT2D eigenvalue weighted by molar-refractivity contribution is 0.0945. The molecule has 2 N–H and O–H groups in total. The Bertz CT molecular complexity index is 642. The summed E-state index contributed by atoms with van der Waals surface area (Å²) in [5.41, 5.74) is 1.09. The van der Waals surface area contributed by atoms with Gasteiger partial charge in [0, 0.05) is 18.8 Å². The monoisotopic (exact) mass is 326 g/mol. The van der Waals surface area contributed by atoms with Crippen molar-refractivity contribution in [1.82, 2.24) is 20.4 Å². The van der Waals surface area contributed by atoms with Crippen LogP contribution >= 0.6 is 23.2 Å². The van der Waals surface area contributed by atoms with Gasteiger partial charge in [0.1, 0.15) is 0 Å². The Labute approximate surface area is 133 Å². The number of nitrogens with zero attached hydrogens (tertiary/aromatic N) is 2. The summed E-state index contributed by atoms with van der Waals surface area (Å²) in [4.78, 5) is 12.0. The summed E-state index contributed by atoms with van der Waals surface area (Å²) in [6.45, 7) is 2.52. The largest absolute Gasteiger partial charge is 0.349 e. The molecule has 1 atom stereocenters. The quantitative estimate of drug-likeness (QED) is 0.887. The second kappa shape index (κ2) is 6.93. The Morgan fingerprint density at radius 3 is 2.76 bits per heavy atom. The van der Waals surface area contributed by atoms with Crippen LogP contribution in [0.1, 0.15) is 17.4 Å². The van der Waals surface area contributed by atoms with Crippen molar-refractivity contribution in [2.24, 2.45) is 0 Å². The van der Waals surface area contributed by atoms with Crippen LogP contribution in [0.5, 0.6) is 0 Å². The van der Waals surface area contributed by atoms with Crippen LogP contribution in [0.25, 0.3) is 5.69 Å². The number of benzene rings is 1. The number of amides is 1. The molecule has 1 amide bonds. The van der Waals surface area contributed by atoms with Crippen LogP contribution < -0.4 is 10.6 Å². The van der Waals surface area contributed by atoms with E-state index in [1.165, 1.54) is 0 Å². The summed E-state index contributed by atoms with van der Waals surface area (Å²) in [5, 5.41) is 11.0. The topological polar surface area (TPSA) is 58.9 Å². The fraction of sp³-hybridized carbons (Fsp3) is 0.286. The Morgan fingerprint density at radius 2 is 2.10 bits per heavy atom. The van der Waals surface area contributed by atoms with Gasteiger partial charge in [-0.15, -0.1) is 0 Å². The van der Waals surface area contributed by atoms with Crippen molar-refractivity contribution < 1.29 is 4.79 Å². The predicted octanol–water partition coefficient (Wildman–Crippen LogP) is 2.52. The molecular formula is C14H16Cl2N4O. The van der Waals surface area contributed by atoms with Crippen LogP contribution in [0.4, 0.5) is 0 Å². The fourth-order valence-electron chi connectivity index (χ4n) is 1.65. The molecule has 0 spiro atoms. The Kier molecular flexibility index (Phi) is 5.22. The average molecular weight is 327 g/mol. The van der Waals surface area contributed by atoms with Gasteiger partial charge in [0.05, 0.1) is 15.7 Å². The zero-order valence-electron chi connectivity index (χ0n) is 11.7. The number of aromatic nitrogens is 2. The smallest absolute Gasteiger partial charge is 0.271 e. The highest BCUT2D eigenvalue weighted by Crippen LogP contribution is 2.24. The normalized spacial score (nSPS) is 12.2. The first kappa shape index (κ1) is 15.8. The first-order valence-corrected chi connectivity index (χ1v) is 7.23. The number of hydrogen-bond donors (Lipinski definition) is 2. The maximum absolute atomic E-state index is 12.0. The number of nitrogens with one attached hydrogen (secondary N) is 2. The van der Waals surface area contributed by atoms with Crippen LogP contribution in [-0.2, 0) is 0 Å². The SMILES string of the molecule is CNC(C)CNC(=O)c1ccn(-c2ccc(Cl)c(Cl)c2)n1. The van der Waals surface area contributed by atoms with Crippen molar-refractivity contribution in [3.8, 4) is 5.69 Å². The third-order valence-electron chi connectivity index (χ3n) is 3.05. The van der Waals surface area contributed by atoms with Crippen molar-refractivity contribution in [3.05, 3.63) is 46.2 Å². The van der Waals surface area contributed by atoms with E-state index in [1.807, 2.05) is 14.0 Å². The van der Waals surface area contributed by atoms with E-state index in [4.69, 9.17) is 23.2 Å². The first-order valence-electron chi connectivity index (χ1n) is 6.48. The van der Waals surface area contributed by atoms with E-state index in [2.05, 4.69) is 15.7 Å². The number of carbonyl (C=O) groups excluding carboxylic acids is 1. The van der Waals surface area contributed by atoms with Crippen molar-refractivity contribution >= 4 is 29.1 Å². The van der Waals surface area contributed by atoms with Gasteiger partial charge in [-0.1, -0.05) is 23.2 Å². The van der Waals surface area contributed by atoms with E-state index >= 15 is 0 Å². The fourth-order valence-corrected chi connectivity index (χ4v) is 1.95. The van der Waals surface area contributed by atoms with Crippen molar-refractivity contribution in [2.75, 3.05) is 13.6 Å². The molecule has 0 aliphatic heterocycles. The molecule has 1 heterocycles. The number of halogens is 2. The van der Waals surface area contributed by atoms with Crippen molar-refractivity contribution in [2.45, 2.75) is 13.0 Å². The second-order valence-electron chi connectivity index (χ2n) is 4.64. The minimum Gasteiger partial charge on any atom is -0.349 e. The molecule has 0 fully saturated rings. The zero-order valence-corrected chi connectivity index (χ0v) is 13.2. The van der Waals surface area contributed by atoms with Crippen LogP contribution in [-0.4, -0.2) is 35.3 Å². The summed E-state index contributed by atoms with van der Waals surface area (Å²) >= 11 is 11.9. The molecule has 0 bridgehead atoms. The van der Waals surface area contributed by atoms with Gasteiger partial charge in [0.15, 0.2) is 5.69 Å². The van der Waals surface area contributed by atoms with Crippen LogP contribution in [0.2, 0.25) is 10.0 Å². The number of likely N-dealkylation sites (N-methyl/N-ethyl adjacent to an activating group) is 1. The maximum atomic E-state index is 12.0. The molecule has 1 aromatic carbocycles. The van der Waals surface area contributed by atoms with E-state index < -0.39 is 0 Å². The van der Waals surface area contributed by atoms with E-state index in [0.717, 1.165) is 5.69 Å².